The summed E-state index contributed by atoms with van der Waals surface area (Å²) >= 11 is 0. The van der Waals surface area contributed by atoms with Gasteiger partial charge < -0.3 is 10.1 Å². The fourth-order valence-corrected chi connectivity index (χ4v) is 1.84. The highest BCUT2D eigenvalue weighted by Gasteiger charge is 2.03. The summed E-state index contributed by atoms with van der Waals surface area (Å²) in [6.07, 6.45) is 5.92. The quantitative estimate of drug-likeness (QED) is 0.826. The van der Waals surface area contributed by atoms with Gasteiger partial charge in [-0.05, 0) is 25.0 Å². The van der Waals surface area contributed by atoms with Crippen LogP contribution in [0, 0.1) is 0 Å². The molecule has 0 spiro atoms. The monoisotopic (exact) mass is 203 g/mol. The second-order valence-electron chi connectivity index (χ2n) is 4.04. The molecule has 0 radical (unpaired) electrons. The number of hydrogen-bond acceptors (Lipinski definition) is 2. The highest BCUT2D eigenvalue weighted by Crippen LogP contribution is 2.11. The SMILES string of the molecule is CCc1ncc2ccc(CC(C)N)cn12. The van der Waals surface area contributed by atoms with Crippen LogP contribution < -0.4 is 5.73 Å². The number of nitrogens with zero attached hydrogens (tertiary/aromatic N) is 2. The van der Waals surface area contributed by atoms with E-state index < -0.39 is 0 Å². The van der Waals surface area contributed by atoms with Gasteiger partial charge in [0.25, 0.3) is 0 Å². The molecule has 0 aliphatic carbocycles. The summed E-state index contributed by atoms with van der Waals surface area (Å²) in [5.41, 5.74) is 8.21. The van der Waals surface area contributed by atoms with Crippen molar-refractivity contribution >= 4 is 5.52 Å². The molecule has 15 heavy (non-hydrogen) atoms. The number of imidazole rings is 1. The molecule has 0 aromatic carbocycles. The van der Waals surface area contributed by atoms with Crippen LogP contribution in [-0.2, 0) is 12.8 Å². The van der Waals surface area contributed by atoms with Gasteiger partial charge in [-0.15, -0.1) is 0 Å². The molecule has 2 heterocycles. The number of pyridine rings is 1. The predicted molar refractivity (Wildman–Crippen MR) is 61.9 cm³/mol. The molecule has 0 amide bonds. The molecule has 0 fully saturated rings. The second-order valence-corrected chi connectivity index (χ2v) is 4.04. The third kappa shape index (κ3) is 2.02. The van der Waals surface area contributed by atoms with Crippen LogP contribution in [0.5, 0.6) is 0 Å². The third-order valence-corrected chi connectivity index (χ3v) is 2.54. The van der Waals surface area contributed by atoms with Gasteiger partial charge in [0.1, 0.15) is 5.82 Å². The van der Waals surface area contributed by atoms with Crippen LogP contribution in [0.15, 0.2) is 24.5 Å². The van der Waals surface area contributed by atoms with Crippen molar-refractivity contribution in [2.45, 2.75) is 32.7 Å². The smallest absolute Gasteiger partial charge is 0.112 e. The van der Waals surface area contributed by atoms with Gasteiger partial charge in [0.15, 0.2) is 0 Å². The molecule has 80 valence electrons. The van der Waals surface area contributed by atoms with E-state index in [2.05, 4.69) is 34.6 Å². The zero-order valence-electron chi connectivity index (χ0n) is 9.27. The second kappa shape index (κ2) is 4.03. The topological polar surface area (TPSA) is 43.3 Å². The van der Waals surface area contributed by atoms with Gasteiger partial charge >= 0.3 is 0 Å². The molecule has 0 aliphatic heterocycles. The van der Waals surface area contributed by atoms with Crippen LogP contribution in [0.3, 0.4) is 0 Å². The summed E-state index contributed by atoms with van der Waals surface area (Å²) in [7, 11) is 0. The Bertz CT molecular complexity index is 457. The first kappa shape index (κ1) is 10.2. The van der Waals surface area contributed by atoms with Gasteiger partial charge in [0.05, 0.1) is 11.7 Å². The standard InChI is InChI=1S/C12H17N3/c1-3-12-14-7-11-5-4-10(6-9(2)13)8-15(11)12/h4-5,7-9H,3,6,13H2,1-2H3. The summed E-state index contributed by atoms with van der Waals surface area (Å²) < 4.78 is 2.15. The summed E-state index contributed by atoms with van der Waals surface area (Å²) in [5.74, 6) is 1.11. The van der Waals surface area contributed by atoms with Crippen LogP contribution in [-0.4, -0.2) is 15.4 Å². The van der Waals surface area contributed by atoms with Gasteiger partial charge in [-0.3, -0.25) is 0 Å². The molecule has 2 rings (SSSR count). The normalized spacial score (nSPS) is 13.3. The molecule has 1 unspecified atom stereocenters. The Kier molecular flexibility index (Phi) is 2.73. The van der Waals surface area contributed by atoms with E-state index in [1.807, 2.05) is 13.1 Å². The molecule has 0 saturated carbocycles. The largest absolute Gasteiger partial charge is 0.328 e. The lowest BCUT2D eigenvalue weighted by molar-refractivity contribution is 0.733. The van der Waals surface area contributed by atoms with Crippen molar-refractivity contribution in [2.24, 2.45) is 5.73 Å². The lowest BCUT2D eigenvalue weighted by Crippen LogP contribution is -2.18. The van der Waals surface area contributed by atoms with Crippen molar-refractivity contribution in [1.29, 1.82) is 0 Å². The maximum Gasteiger partial charge on any atom is 0.112 e. The lowest BCUT2D eigenvalue weighted by atomic mass is 10.1. The number of fused-ring (bicyclic) bond motifs is 1. The van der Waals surface area contributed by atoms with Gasteiger partial charge in [-0.1, -0.05) is 13.0 Å². The summed E-state index contributed by atoms with van der Waals surface area (Å²) in [5, 5.41) is 0. The van der Waals surface area contributed by atoms with Crippen molar-refractivity contribution in [1.82, 2.24) is 9.38 Å². The molecule has 0 bridgehead atoms. The Labute approximate surface area is 89.9 Å². The van der Waals surface area contributed by atoms with E-state index in [0.29, 0.717) is 0 Å². The minimum absolute atomic E-state index is 0.205. The number of nitrogens with two attached hydrogens (primary N) is 1. The first-order valence-electron chi connectivity index (χ1n) is 5.41. The minimum Gasteiger partial charge on any atom is -0.328 e. The minimum atomic E-state index is 0.205. The third-order valence-electron chi connectivity index (χ3n) is 2.54. The van der Waals surface area contributed by atoms with E-state index in [-0.39, 0.29) is 6.04 Å². The molecule has 2 N–H and O–H groups in total. The number of aromatic nitrogens is 2. The summed E-state index contributed by atoms with van der Waals surface area (Å²) in [6, 6.07) is 4.43. The molecular weight excluding hydrogens is 186 g/mol. The lowest BCUT2D eigenvalue weighted by Gasteiger charge is -2.06. The van der Waals surface area contributed by atoms with E-state index in [1.165, 1.54) is 5.56 Å². The van der Waals surface area contributed by atoms with Crippen LogP contribution in [0.2, 0.25) is 0 Å². The molecule has 2 aromatic heterocycles. The molecule has 3 nitrogen and oxygen atoms in total. The van der Waals surface area contributed by atoms with Crippen molar-refractivity contribution in [3.63, 3.8) is 0 Å². The average molecular weight is 203 g/mol. The van der Waals surface area contributed by atoms with Gasteiger partial charge in [-0.2, -0.15) is 0 Å². The fourth-order valence-electron chi connectivity index (χ4n) is 1.84. The van der Waals surface area contributed by atoms with Crippen molar-refractivity contribution < 1.29 is 0 Å². The van der Waals surface area contributed by atoms with E-state index in [1.54, 1.807) is 0 Å². The van der Waals surface area contributed by atoms with Crippen molar-refractivity contribution in [3.05, 3.63) is 35.9 Å². The predicted octanol–water partition coefficient (Wildman–Crippen LogP) is 1.79. The van der Waals surface area contributed by atoms with Gasteiger partial charge in [0, 0.05) is 18.7 Å². The zero-order valence-corrected chi connectivity index (χ0v) is 9.27. The molecular formula is C12H17N3. The van der Waals surface area contributed by atoms with Crippen molar-refractivity contribution in [2.75, 3.05) is 0 Å². The summed E-state index contributed by atoms with van der Waals surface area (Å²) in [4.78, 5) is 4.37. The van der Waals surface area contributed by atoms with Gasteiger partial charge in [-0.25, -0.2) is 4.98 Å². The Hall–Kier alpha value is -1.35. The van der Waals surface area contributed by atoms with Crippen molar-refractivity contribution in [3.8, 4) is 0 Å². The average Bonchev–Trinajstić information content (AvgIpc) is 2.59. The van der Waals surface area contributed by atoms with E-state index in [9.17, 15) is 0 Å². The summed E-state index contributed by atoms with van der Waals surface area (Å²) in [6.45, 7) is 4.14. The maximum atomic E-state index is 5.79. The Balaban J connectivity index is 2.43. The highest BCUT2D eigenvalue weighted by atomic mass is 15.0. The number of aryl methyl sites for hydroxylation is 1. The van der Waals surface area contributed by atoms with Crippen LogP contribution >= 0.6 is 0 Å². The van der Waals surface area contributed by atoms with E-state index in [0.717, 1.165) is 24.2 Å². The Morgan fingerprint density at radius 2 is 2.27 bits per heavy atom. The van der Waals surface area contributed by atoms with Crippen LogP contribution in [0.25, 0.3) is 5.52 Å². The first-order valence-corrected chi connectivity index (χ1v) is 5.41. The van der Waals surface area contributed by atoms with E-state index >= 15 is 0 Å². The van der Waals surface area contributed by atoms with E-state index in [4.69, 9.17) is 5.73 Å². The number of hydrogen-bond donors (Lipinski definition) is 1. The zero-order chi connectivity index (χ0) is 10.8. The number of rotatable bonds is 3. The van der Waals surface area contributed by atoms with Crippen LogP contribution in [0.1, 0.15) is 25.2 Å². The molecule has 0 aliphatic rings. The van der Waals surface area contributed by atoms with Crippen LogP contribution in [0.4, 0.5) is 0 Å². The van der Waals surface area contributed by atoms with Gasteiger partial charge in [0.2, 0.25) is 0 Å². The maximum absolute atomic E-state index is 5.79. The molecule has 3 heteroatoms. The molecule has 0 saturated heterocycles. The Morgan fingerprint density at radius 3 is 2.93 bits per heavy atom. The highest BCUT2D eigenvalue weighted by molar-refractivity contribution is 5.47. The molecule has 1 atom stereocenters. The fraction of sp³-hybridized carbons (Fsp3) is 0.417. The first-order chi connectivity index (χ1) is 7.20. The molecule has 2 aromatic rings. The Morgan fingerprint density at radius 1 is 1.47 bits per heavy atom.